The number of Topliss-reactive ketones (excluding diaryl/α,β-unsaturated/α-hetero) is 3. The number of nitrogens with two attached hydrogens (primary N) is 1. The van der Waals surface area contributed by atoms with Gasteiger partial charge in [0.05, 0.1) is 41.7 Å². The van der Waals surface area contributed by atoms with E-state index in [1.165, 1.54) is 48.8 Å². The summed E-state index contributed by atoms with van der Waals surface area (Å²) in [6.45, 7) is 24.1. The highest BCUT2D eigenvalue weighted by molar-refractivity contribution is 6.09. The summed E-state index contributed by atoms with van der Waals surface area (Å²) >= 11 is 0. The molecule has 22 atom stereocenters. The first-order valence-electron chi connectivity index (χ1n) is 48.7. The number of nitrogens with one attached hydrogen (secondary N) is 2. The van der Waals surface area contributed by atoms with Gasteiger partial charge in [0, 0.05) is 110 Å². The van der Waals surface area contributed by atoms with Crippen LogP contribution in [-0.4, -0.2) is 160 Å². The molecule has 4 aromatic carbocycles. The Hall–Kier alpha value is -7.36. The molecular formula is C107H142F3N5O11. The average molecular weight is 1730 g/mol. The second kappa shape index (κ2) is 39.8. The summed E-state index contributed by atoms with van der Waals surface area (Å²) in [5, 5.41) is 26.7. The van der Waals surface area contributed by atoms with E-state index in [2.05, 4.69) is 88.0 Å². The zero-order valence-corrected chi connectivity index (χ0v) is 76.3. The van der Waals surface area contributed by atoms with Crippen molar-refractivity contribution in [3.8, 4) is 0 Å². The van der Waals surface area contributed by atoms with Crippen LogP contribution in [0.2, 0.25) is 0 Å². The second-order valence-electron chi connectivity index (χ2n) is 41.5. The molecule has 2 amide bonds. The van der Waals surface area contributed by atoms with E-state index >= 15 is 0 Å². The fraction of sp³-hybridized carbons (Fsp3) is 0.636. The number of alkyl halides is 3. The molecule has 19 heteroatoms. The van der Waals surface area contributed by atoms with Crippen LogP contribution in [0.3, 0.4) is 0 Å². The number of carbonyl (C=O) groups is 7. The number of fused-ring (bicyclic) bond motifs is 12. The average Bonchev–Trinajstić information content (AvgIpc) is 1.55. The van der Waals surface area contributed by atoms with E-state index < -0.39 is 36.2 Å². The first-order valence-corrected chi connectivity index (χ1v) is 48.7. The Labute approximate surface area is 746 Å². The van der Waals surface area contributed by atoms with E-state index in [9.17, 15) is 56.9 Å². The van der Waals surface area contributed by atoms with Crippen molar-refractivity contribution >= 4 is 40.7 Å². The number of hydrogen-bond acceptors (Lipinski definition) is 14. The Morgan fingerprint density at radius 1 is 0.508 bits per heavy atom. The molecule has 16 rings (SSSR count). The number of halogens is 3. The van der Waals surface area contributed by atoms with Crippen molar-refractivity contribution in [2.24, 2.45) is 81.7 Å². The maximum Gasteiger partial charge on any atom is 0.449 e. The van der Waals surface area contributed by atoms with Crippen molar-refractivity contribution in [3.63, 3.8) is 0 Å². The molecule has 126 heavy (non-hydrogen) atoms. The number of ether oxygens (including phenoxy) is 2. The molecule has 0 aromatic heterocycles. The molecule has 12 aliphatic rings. The summed E-state index contributed by atoms with van der Waals surface area (Å²) in [6.07, 6.45) is 24.9. The quantitative estimate of drug-likeness (QED) is 0.0174. The van der Waals surface area contributed by atoms with Crippen molar-refractivity contribution in [1.29, 1.82) is 0 Å². The highest BCUT2D eigenvalue weighted by Crippen LogP contribution is 2.68. The molecule has 4 heterocycles. The number of piperidine rings is 2. The number of aliphatic hydroxyl groups excluding tert-OH is 2. The van der Waals surface area contributed by atoms with Crippen molar-refractivity contribution in [3.05, 3.63) is 188 Å². The van der Waals surface area contributed by atoms with E-state index in [0.29, 0.717) is 157 Å². The molecule has 4 aromatic rings. The summed E-state index contributed by atoms with van der Waals surface area (Å²) < 4.78 is 54.5. The first kappa shape index (κ1) is 93.3. The lowest BCUT2D eigenvalue weighted by Gasteiger charge is -2.49. The van der Waals surface area contributed by atoms with Gasteiger partial charge >= 0.3 is 6.18 Å². The van der Waals surface area contributed by atoms with Gasteiger partial charge in [0.25, 0.3) is 0 Å². The smallest absolute Gasteiger partial charge is 0.393 e. The highest BCUT2D eigenvalue weighted by atomic mass is 19.4. The minimum Gasteiger partial charge on any atom is -0.393 e. The molecular weight excluding hydrogens is 1590 g/mol. The number of carbonyl (C=O) groups excluding carboxylic acids is 7. The Morgan fingerprint density at radius 2 is 0.913 bits per heavy atom. The van der Waals surface area contributed by atoms with Gasteiger partial charge in [-0.2, -0.15) is 13.2 Å². The summed E-state index contributed by atoms with van der Waals surface area (Å²) in [5.74, 6) is 2.30. The van der Waals surface area contributed by atoms with E-state index in [4.69, 9.17) is 15.2 Å². The lowest BCUT2D eigenvalue weighted by Crippen LogP contribution is -2.52. The van der Waals surface area contributed by atoms with Crippen LogP contribution >= 0.6 is 0 Å². The highest BCUT2D eigenvalue weighted by Gasteiger charge is 2.64. The number of nitrogens with zero attached hydrogens (tertiary/aromatic N) is 2. The topological polar surface area (TPSA) is 235 Å². The number of ketones is 5. The van der Waals surface area contributed by atoms with E-state index in [1.807, 2.05) is 30.3 Å². The lowest BCUT2D eigenvalue weighted by atomic mass is 9.56. The third-order valence-electron chi connectivity index (χ3n) is 33.8. The van der Waals surface area contributed by atoms with Crippen LogP contribution in [0.4, 0.5) is 13.2 Å². The normalized spacial score (nSPS) is 33.1. The number of allylic oxidation sites excluding steroid dienone is 4. The number of hydrogen-bond donors (Lipinski definition) is 5. The van der Waals surface area contributed by atoms with Gasteiger partial charge in [0.1, 0.15) is 11.6 Å². The maximum atomic E-state index is 13.3. The molecule has 16 nitrogen and oxygen atoms in total. The zero-order chi connectivity index (χ0) is 89.2. The van der Waals surface area contributed by atoms with Crippen LogP contribution < -0.4 is 16.4 Å². The monoisotopic (exact) mass is 1730 g/mol. The molecule has 0 unspecified atom stereocenters. The minimum absolute atomic E-state index is 0.0288. The second-order valence-corrected chi connectivity index (χ2v) is 41.5. The predicted molar refractivity (Wildman–Crippen MR) is 486 cm³/mol. The van der Waals surface area contributed by atoms with Crippen LogP contribution in [0.5, 0.6) is 0 Å². The Kier molecular flexibility index (Phi) is 29.4. The van der Waals surface area contributed by atoms with Gasteiger partial charge in [-0.1, -0.05) is 198 Å². The van der Waals surface area contributed by atoms with E-state index in [1.54, 1.807) is 95.6 Å². The van der Waals surface area contributed by atoms with Crippen molar-refractivity contribution in [2.45, 2.75) is 314 Å². The van der Waals surface area contributed by atoms with Crippen molar-refractivity contribution in [1.82, 2.24) is 20.4 Å². The van der Waals surface area contributed by atoms with Crippen LogP contribution in [0.25, 0.3) is 0 Å². The first-order chi connectivity index (χ1) is 60.4. The summed E-state index contributed by atoms with van der Waals surface area (Å²) in [6, 6.07) is 31.7. The standard InChI is InChI=1S/C55H71F3N2O6.C52H71N3O5/c1-34-28-48-50(36(3)54(66-48)25-23-44-45-21-20-41-31-43(62)22-24-53(41,4)47(45)32-46(44)35(54)2)60(33-34)27-11-15-42(61)14-9-6-10-26-59-52(65)40(30-49(63)55(56,57)58)29-37-16-18-39(19-17-37)51(64)38-12-7-5-8-13-38;1-33-28-47-48(35(3)52(60-47)25-23-42-43-21-20-39-30-41(57)22-24-51(39,4)45(43)31-44(42)34(52)2)55(32-33)27-11-15-40(56)14-9-6-10-26-54-50(59)46(53)29-36-16-18-38(19-17-36)49(58)37-12-7-5-8-13-37/h5,7-8,12-13,16-20,34,36,40,43-45,47-48,50,62H,6,9-11,14-15,21-33H2,1-4H3,(H,59,65);5,7-8,12-13,16-20,33,35,41-43,45-48,57H,6,9-11,14-15,21-32,53H2,1-4H3,(H,54,59)/t34-,36+,40+,43-,44-,45-,47-,48+,50-,53-,54-;33-,35+,41-,42-,43-,45-,46-,47+,48-,51-,52-/m00/s1. The summed E-state index contributed by atoms with van der Waals surface area (Å²) in [4.78, 5) is 94.8. The summed E-state index contributed by atoms with van der Waals surface area (Å²) in [5.41, 5.74) is 19.4. The number of unbranched alkanes of at least 4 members (excludes halogenated alkanes) is 4. The van der Waals surface area contributed by atoms with Crippen LogP contribution in [0, 0.1) is 75.9 Å². The van der Waals surface area contributed by atoms with Crippen LogP contribution in [-0.2, 0) is 46.3 Å². The number of aliphatic hydroxyl groups is 2. The molecule has 682 valence electrons. The van der Waals surface area contributed by atoms with Gasteiger partial charge in [-0.15, -0.1) is 0 Å². The van der Waals surface area contributed by atoms with Gasteiger partial charge in [0.15, 0.2) is 11.6 Å². The fourth-order valence-electron chi connectivity index (χ4n) is 26.9. The maximum absolute atomic E-state index is 13.3. The van der Waals surface area contributed by atoms with Gasteiger partial charge in [-0.3, -0.25) is 43.4 Å². The van der Waals surface area contributed by atoms with Gasteiger partial charge in [0.2, 0.25) is 17.6 Å². The summed E-state index contributed by atoms with van der Waals surface area (Å²) in [7, 11) is 0. The SMILES string of the molecule is CC1=C2C[C@H]3[C@@H](CC=C4C[C@@H](O)CC[C@@]43C)[C@@H]2CC[C@]12O[C@@H]1C[C@H](C)CN(CCCC(=O)CCCCCNC(=O)[C@@H](CC(=O)C(F)(F)F)Cc3ccc(C(=O)c4ccccc4)cc3)[C@H]1[C@H]2C.CC1=C2C[C@H]3[C@@H](CC=C4C[C@@H](O)CC[C@@]43C)[C@@H]2CC[C@]12O[C@@H]1C[C@H](C)CN(CCCC(=O)CCCCCNC(=O)[C@@H](N)Cc3ccc(C(=O)c4ccccc4)cc3)[C@H]1[C@H]2C. The third-order valence-corrected chi connectivity index (χ3v) is 33.8. The van der Waals surface area contributed by atoms with Gasteiger partial charge in [-0.25, -0.2) is 0 Å². The molecule has 2 spiro atoms. The van der Waals surface area contributed by atoms with Gasteiger partial charge in [-0.05, 0) is 261 Å². The number of amides is 2. The van der Waals surface area contributed by atoms with Crippen LogP contribution in [0.1, 0.15) is 285 Å². The molecule has 4 aliphatic heterocycles. The van der Waals surface area contributed by atoms with Gasteiger partial charge < -0.3 is 36.1 Å². The molecule has 4 saturated heterocycles. The fourth-order valence-corrected chi connectivity index (χ4v) is 26.9. The Bertz CT molecular complexity index is 4700. The number of likely N-dealkylation sites (tertiary alicyclic amines) is 2. The van der Waals surface area contributed by atoms with Crippen molar-refractivity contribution < 1.29 is 66.4 Å². The molecule has 8 aliphatic carbocycles. The molecule has 0 radical (unpaired) electrons. The Morgan fingerprint density at radius 3 is 1.34 bits per heavy atom. The number of rotatable bonds is 32. The van der Waals surface area contributed by atoms with E-state index in [0.717, 1.165) is 140 Å². The third kappa shape index (κ3) is 19.8. The molecule has 4 saturated carbocycles. The zero-order valence-electron chi connectivity index (χ0n) is 76.3. The van der Waals surface area contributed by atoms with Crippen molar-refractivity contribution in [2.75, 3.05) is 39.3 Å². The van der Waals surface area contributed by atoms with Crippen LogP contribution in [0.15, 0.2) is 155 Å². The Balaban J connectivity index is 0.000000195. The largest absolute Gasteiger partial charge is 0.449 e. The number of benzene rings is 4. The van der Waals surface area contributed by atoms with E-state index in [-0.39, 0.29) is 82.7 Å². The minimum atomic E-state index is -5.05. The molecule has 6 N–H and O–H groups in total. The molecule has 8 fully saturated rings. The molecule has 0 bridgehead atoms. The predicted octanol–water partition coefficient (Wildman–Crippen LogP) is 18.9. The lowest BCUT2D eigenvalue weighted by molar-refractivity contribution is -0.172.